The fraction of sp³-hybridized carbons (Fsp3) is 0.154. The molecule has 0 fully saturated rings. The van der Waals surface area contributed by atoms with Crippen LogP contribution in [0.1, 0.15) is 17.3 Å². The minimum Gasteiger partial charge on any atom is -0.322 e. The lowest BCUT2D eigenvalue weighted by atomic mass is 10.0. The second-order valence-electron chi connectivity index (χ2n) is 3.92. The number of nitrogens with zero attached hydrogens (tertiary/aromatic N) is 1. The van der Waals surface area contributed by atoms with Crippen molar-refractivity contribution in [2.24, 2.45) is 5.73 Å². The van der Waals surface area contributed by atoms with E-state index >= 15 is 0 Å². The summed E-state index contributed by atoms with van der Waals surface area (Å²) in [5, 5.41) is 0.503. The van der Waals surface area contributed by atoms with Crippen molar-refractivity contribution in [3.8, 4) is 0 Å². The third kappa shape index (κ3) is 2.83. The molecule has 1 atom stereocenters. The van der Waals surface area contributed by atoms with Crippen molar-refractivity contribution in [2.45, 2.75) is 12.5 Å². The van der Waals surface area contributed by atoms with E-state index in [-0.39, 0.29) is 12.0 Å². The lowest BCUT2D eigenvalue weighted by molar-refractivity contribution is 0.493. The molecule has 94 valence electrons. The van der Waals surface area contributed by atoms with Crippen molar-refractivity contribution >= 4 is 11.6 Å². The Labute approximate surface area is 108 Å². The number of hydrogen-bond donors (Lipinski definition) is 1. The number of benzene rings is 1. The first-order valence-electron chi connectivity index (χ1n) is 5.38. The Morgan fingerprint density at radius 3 is 2.67 bits per heavy atom. The molecule has 0 saturated carbocycles. The van der Waals surface area contributed by atoms with Gasteiger partial charge in [-0.15, -0.1) is 0 Å². The van der Waals surface area contributed by atoms with Gasteiger partial charge in [0.1, 0.15) is 0 Å². The van der Waals surface area contributed by atoms with Crippen molar-refractivity contribution < 1.29 is 8.78 Å². The van der Waals surface area contributed by atoms with Gasteiger partial charge in [-0.05, 0) is 30.2 Å². The molecular weight excluding hydrogens is 258 g/mol. The highest BCUT2D eigenvalue weighted by Crippen LogP contribution is 2.19. The van der Waals surface area contributed by atoms with Gasteiger partial charge in [0, 0.05) is 6.20 Å². The van der Waals surface area contributed by atoms with Gasteiger partial charge in [0.05, 0.1) is 16.8 Å². The first-order chi connectivity index (χ1) is 8.58. The fourth-order valence-corrected chi connectivity index (χ4v) is 1.77. The molecule has 0 aliphatic carbocycles. The average Bonchev–Trinajstić information content (AvgIpc) is 2.36. The topological polar surface area (TPSA) is 38.9 Å². The molecule has 18 heavy (non-hydrogen) atoms. The van der Waals surface area contributed by atoms with Gasteiger partial charge in [0.25, 0.3) is 0 Å². The van der Waals surface area contributed by atoms with Gasteiger partial charge in [0.2, 0.25) is 0 Å². The van der Waals surface area contributed by atoms with Gasteiger partial charge in [-0.3, -0.25) is 4.98 Å². The van der Waals surface area contributed by atoms with Crippen LogP contribution in [0.2, 0.25) is 5.02 Å². The second-order valence-corrected chi connectivity index (χ2v) is 4.36. The lowest BCUT2D eigenvalue weighted by Crippen LogP contribution is -2.15. The molecular formula is C13H11ClF2N2. The number of nitrogens with two attached hydrogens (primary N) is 1. The number of pyridine rings is 1. The Bertz CT molecular complexity index is 543. The van der Waals surface area contributed by atoms with Crippen molar-refractivity contribution in [2.75, 3.05) is 0 Å². The minimum absolute atomic E-state index is 0.179. The van der Waals surface area contributed by atoms with E-state index in [1.165, 1.54) is 18.3 Å². The molecule has 0 aliphatic rings. The fourth-order valence-electron chi connectivity index (χ4n) is 1.65. The lowest BCUT2D eigenvalue weighted by Gasteiger charge is -2.12. The first-order valence-corrected chi connectivity index (χ1v) is 5.75. The molecule has 0 saturated heterocycles. The third-order valence-electron chi connectivity index (χ3n) is 2.60. The van der Waals surface area contributed by atoms with Crippen LogP contribution in [0.15, 0.2) is 36.5 Å². The highest BCUT2D eigenvalue weighted by Gasteiger charge is 2.13. The van der Waals surface area contributed by atoms with E-state index in [1.54, 1.807) is 12.1 Å². The summed E-state index contributed by atoms with van der Waals surface area (Å²) < 4.78 is 26.5. The molecule has 1 heterocycles. The van der Waals surface area contributed by atoms with Gasteiger partial charge in [-0.1, -0.05) is 23.7 Å². The highest BCUT2D eigenvalue weighted by molar-refractivity contribution is 6.30. The molecule has 1 aromatic heterocycles. The van der Waals surface area contributed by atoms with E-state index in [9.17, 15) is 8.78 Å². The molecule has 2 nitrogen and oxygen atoms in total. The van der Waals surface area contributed by atoms with E-state index in [0.29, 0.717) is 10.7 Å². The van der Waals surface area contributed by atoms with Crippen LogP contribution in [-0.4, -0.2) is 4.98 Å². The monoisotopic (exact) mass is 268 g/mol. The van der Waals surface area contributed by atoms with E-state index < -0.39 is 17.7 Å². The Balaban J connectivity index is 2.18. The summed E-state index contributed by atoms with van der Waals surface area (Å²) in [6.45, 7) is 0. The molecule has 5 heteroatoms. The molecule has 0 aliphatic heterocycles. The predicted molar refractivity (Wildman–Crippen MR) is 66.2 cm³/mol. The summed E-state index contributed by atoms with van der Waals surface area (Å²) >= 11 is 5.71. The Kier molecular flexibility index (Phi) is 3.89. The molecule has 0 spiro atoms. The minimum atomic E-state index is -0.872. The van der Waals surface area contributed by atoms with Crippen LogP contribution < -0.4 is 5.73 Å². The Morgan fingerprint density at radius 2 is 2.00 bits per heavy atom. The average molecular weight is 269 g/mol. The van der Waals surface area contributed by atoms with Crippen molar-refractivity contribution in [1.82, 2.24) is 4.98 Å². The van der Waals surface area contributed by atoms with Crippen LogP contribution >= 0.6 is 11.6 Å². The van der Waals surface area contributed by atoms with E-state index in [0.717, 1.165) is 6.07 Å². The van der Waals surface area contributed by atoms with Gasteiger partial charge in [-0.25, -0.2) is 8.78 Å². The molecule has 0 radical (unpaired) electrons. The molecule has 1 unspecified atom stereocenters. The second kappa shape index (κ2) is 5.42. The van der Waals surface area contributed by atoms with Crippen LogP contribution in [-0.2, 0) is 6.42 Å². The van der Waals surface area contributed by atoms with E-state index in [4.69, 9.17) is 17.3 Å². The maximum Gasteiger partial charge on any atom is 0.162 e. The van der Waals surface area contributed by atoms with Gasteiger partial charge < -0.3 is 5.73 Å². The molecule has 2 rings (SSSR count). The SMILES string of the molecule is NC(Cc1cccc(F)c1F)c1ccc(Cl)cn1. The number of halogens is 3. The van der Waals surface area contributed by atoms with Crippen LogP contribution in [0, 0.1) is 11.6 Å². The molecule has 2 aromatic rings. The first kappa shape index (κ1) is 12.9. The molecule has 2 N–H and O–H groups in total. The smallest absolute Gasteiger partial charge is 0.162 e. The maximum atomic E-state index is 13.5. The predicted octanol–water partition coefficient (Wildman–Crippen LogP) is 3.26. The number of hydrogen-bond acceptors (Lipinski definition) is 2. The summed E-state index contributed by atoms with van der Waals surface area (Å²) in [5.41, 5.74) is 6.72. The van der Waals surface area contributed by atoms with E-state index in [1.807, 2.05) is 0 Å². The van der Waals surface area contributed by atoms with Crippen LogP contribution in [0.4, 0.5) is 8.78 Å². The molecule has 0 amide bonds. The number of rotatable bonds is 3. The molecule has 0 bridgehead atoms. The zero-order valence-corrected chi connectivity index (χ0v) is 10.2. The Hall–Kier alpha value is -1.52. The van der Waals surface area contributed by atoms with Crippen LogP contribution in [0.5, 0.6) is 0 Å². The van der Waals surface area contributed by atoms with Gasteiger partial charge in [0.15, 0.2) is 11.6 Å². The number of aromatic nitrogens is 1. The molecule has 1 aromatic carbocycles. The quantitative estimate of drug-likeness (QED) is 0.928. The Morgan fingerprint density at radius 1 is 1.22 bits per heavy atom. The summed E-state index contributed by atoms with van der Waals surface area (Å²) in [6, 6.07) is 6.86. The summed E-state index contributed by atoms with van der Waals surface area (Å²) in [6.07, 6.45) is 1.65. The van der Waals surface area contributed by atoms with Crippen molar-refractivity contribution in [3.05, 3.63) is 64.4 Å². The van der Waals surface area contributed by atoms with Gasteiger partial charge in [-0.2, -0.15) is 0 Å². The highest BCUT2D eigenvalue weighted by atomic mass is 35.5. The summed E-state index contributed by atoms with van der Waals surface area (Å²) in [5.74, 6) is -1.73. The van der Waals surface area contributed by atoms with Crippen LogP contribution in [0.3, 0.4) is 0 Å². The van der Waals surface area contributed by atoms with Crippen LogP contribution in [0.25, 0.3) is 0 Å². The normalized spacial score (nSPS) is 12.4. The largest absolute Gasteiger partial charge is 0.322 e. The zero-order chi connectivity index (χ0) is 13.1. The standard InChI is InChI=1S/C13H11ClF2N2/c14-9-4-5-12(18-7-9)11(17)6-8-2-1-3-10(15)13(8)16/h1-5,7,11H,6,17H2. The van der Waals surface area contributed by atoms with Crippen molar-refractivity contribution in [1.29, 1.82) is 0 Å². The summed E-state index contributed by atoms with van der Waals surface area (Å²) in [7, 11) is 0. The third-order valence-corrected chi connectivity index (χ3v) is 2.83. The summed E-state index contributed by atoms with van der Waals surface area (Å²) in [4.78, 5) is 4.05. The van der Waals surface area contributed by atoms with Crippen molar-refractivity contribution in [3.63, 3.8) is 0 Å². The zero-order valence-electron chi connectivity index (χ0n) is 9.41. The maximum absolute atomic E-state index is 13.5. The van der Waals surface area contributed by atoms with E-state index in [2.05, 4.69) is 4.98 Å². The van der Waals surface area contributed by atoms with Gasteiger partial charge >= 0.3 is 0 Å².